The summed E-state index contributed by atoms with van der Waals surface area (Å²) in [5.41, 5.74) is 2.57. The molecule has 6 heteroatoms. The molecule has 0 saturated carbocycles. The Bertz CT molecular complexity index is 956. The maximum Gasteiger partial charge on any atom is 0.134 e. The maximum atomic E-state index is 13.0. The van der Waals surface area contributed by atoms with Crippen LogP contribution < -0.4 is 0 Å². The average molecular weight is 375 g/mol. The molecule has 2 aromatic carbocycles. The summed E-state index contributed by atoms with van der Waals surface area (Å²) in [4.78, 5) is 4.48. The number of thiazole rings is 1. The van der Waals surface area contributed by atoms with Crippen molar-refractivity contribution in [3.05, 3.63) is 74.3 Å². The number of nitriles is 1. The van der Waals surface area contributed by atoms with Gasteiger partial charge in [-0.15, -0.1) is 11.3 Å². The average Bonchev–Trinajstić information content (AvgIpc) is 3.04. The molecule has 2 nitrogen and oxygen atoms in total. The third kappa shape index (κ3) is 3.65. The van der Waals surface area contributed by atoms with Gasteiger partial charge in [0.2, 0.25) is 0 Å². The van der Waals surface area contributed by atoms with E-state index < -0.39 is 0 Å². The highest BCUT2D eigenvalue weighted by molar-refractivity contribution is 7.11. The van der Waals surface area contributed by atoms with Crippen LogP contribution in [0.3, 0.4) is 0 Å². The van der Waals surface area contributed by atoms with E-state index in [1.54, 1.807) is 36.4 Å². The van der Waals surface area contributed by atoms with Gasteiger partial charge in [-0.3, -0.25) is 0 Å². The number of aromatic nitrogens is 1. The molecule has 0 spiro atoms. The Morgan fingerprint density at radius 3 is 2.58 bits per heavy atom. The summed E-state index contributed by atoms with van der Waals surface area (Å²) in [6.07, 6.45) is 1.67. The van der Waals surface area contributed by atoms with Gasteiger partial charge in [-0.1, -0.05) is 35.3 Å². The van der Waals surface area contributed by atoms with Crippen molar-refractivity contribution in [2.75, 3.05) is 0 Å². The topological polar surface area (TPSA) is 36.7 Å². The molecule has 24 heavy (non-hydrogen) atoms. The lowest BCUT2D eigenvalue weighted by Gasteiger charge is -2.01. The highest BCUT2D eigenvalue weighted by Crippen LogP contribution is 2.33. The Morgan fingerprint density at radius 1 is 1.17 bits per heavy atom. The summed E-state index contributed by atoms with van der Waals surface area (Å²) in [6, 6.07) is 13.2. The zero-order valence-corrected chi connectivity index (χ0v) is 14.5. The smallest absolute Gasteiger partial charge is 0.134 e. The van der Waals surface area contributed by atoms with E-state index in [0.29, 0.717) is 26.3 Å². The minimum Gasteiger partial charge on any atom is -0.235 e. The van der Waals surface area contributed by atoms with Gasteiger partial charge in [0.15, 0.2) is 0 Å². The third-order valence-corrected chi connectivity index (χ3v) is 4.67. The molecule has 0 bridgehead atoms. The summed E-state index contributed by atoms with van der Waals surface area (Å²) in [6.45, 7) is 0. The van der Waals surface area contributed by atoms with Gasteiger partial charge >= 0.3 is 0 Å². The van der Waals surface area contributed by atoms with Gasteiger partial charge in [-0.25, -0.2) is 9.37 Å². The summed E-state index contributed by atoms with van der Waals surface area (Å²) >= 11 is 13.4. The quantitative estimate of drug-likeness (QED) is 0.502. The van der Waals surface area contributed by atoms with Crippen molar-refractivity contribution >= 4 is 46.2 Å². The molecule has 0 fully saturated rings. The van der Waals surface area contributed by atoms with E-state index >= 15 is 0 Å². The van der Waals surface area contributed by atoms with Gasteiger partial charge in [0.1, 0.15) is 16.9 Å². The van der Waals surface area contributed by atoms with Crippen molar-refractivity contribution in [1.29, 1.82) is 5.26 Å². The van der Waals surface area contributed by atoms with Crippen molar-refractivity contribution in [2.24, 2.45) is 0 Å². The monoisotopic (exact) mass is 374 g/mol. The van der Waals surface area contributed by atoms with Crippen LogP contribution in [-0.2, 0) is 0 Å². The largest absolute Gasteiger partial charge is 0.235 e. The third-order valence-electron chi connectivity index (χ3n) is 3.24. The molecule has 0 saturated heterocycles. The first-order chi connectivity index (χ1) is 11.6. The summed E-state index contributed by atoms with van der Waals surface area (Å²) in [5, 5.41) is 12.9. The lowest BCUT2D eigenvalue weighted by Crippen LogP contribution is -1.84. The van der Waals surface area contributed by atoms with Gasteiger partial charge < -0.3 is 0 Å². The van der Waals surface area contributed by atoms with Crippen LogP contribution in [0.2, 0.25) is 10.0 Å². The predicted molar refractivity (Wildman–Crippen MR) is 97.5 cm³/mol. The van der Waals surface area contributed by atoms with Gasteiger partial charge in [-0.05, 0) is 42.0 Å². The highest BCUT2D eigenvalue weighted by atomic mass is 35.5. The minimum absolute atomic E-state index is 0.320. The molecule has 0 radical (unpaired) electrons. The van der Waals surface area contributed by atoms with Crippen LogP contribution in [0.25, 0.3) is 22.9 Å². The Morgan fingerprint density at radius 2 is 1.92 bits per heavy atom. The number of halogens is 3. The molecule has 1 heterocycles. The van der Waals surface area contributed by atoms with Gasteiger partial charge in [-0.2, -0.15) is 5.26 Å². The van der Waals surface area contributed by atoms with E-state index in [4.69, 9.17) is 23.2 Å². The number of benzene rings is 2. The second-order valence-electron chi connectivity index (χ2n) is 4.88. The van der Waals surface area contributed by atoms with Gasteiger partial charge in [0.25, 0.3) is 0 Å². The van der Waals surface area contributed by atoms with Crippen LogP contribution in [0, 0.1) is 17.1 Å². The van der Waals surface area contributed by atoms with E-state index in [1.807, 2.05) is 5.38 Å². The molecule has 0 N–H and O–H groups in total. The molecular formula is C18H9Cl2FN2S. The van der Waals surface area contributed by atoms with E-state index in [1.165, 1.54) is 23.5 Å². The summed E-state index contributed by atoms with van der Waals surface area (Å²) in [5.74, 6) is -0.320. The SMILES string of the molecule is N#CC(=Cc1ccc(F)cc1)c1nc(-c2ccc(Cl)cc2Cl)cs1. The van der Waals surface area contributed by atoms with Crippen molar-refractivity contribution in [3.63, 3.8) is 0 Å². The Labute approximate surface area is 152 Å². The normalized spacial score (nSPS) is 11.3. The minimum atomic E-state index is -0.320. The van der Waals surface area contributed by atoms with Crippen molar-refractivity contribution in [1.82, 2.24) is 4.98 Å². The lowest BCUT2D eigenvalue weighted by molar-refractivity contribution is 0.628. The van der Waals surface area contributed by atoms with Crippen LogP contribution in [-0.4, -0.2) is 4.98 Å². The number of nitrogens with zero attached hydrogens (tertiary/aromatic N) is 2. The molecule has 0 aliphatic rings. The second kappa shape index (κ2) is 7.14. The van der Waals surface area contributed by atoms with Crippen molar-refractivity contribution in [2.45, 2.75) is 0 Å². The van der Waals surface area contributed by atoms with Crippen LogP contribution >= 0.6 is 34.5 Å². The fourth-order valence-electron chi connectivity index (χ4n) is 2.09. The Hall–Kier alpha value is -2.19. The first kappa shape index (κ1) is 16.7. The maximum absolute atomic E-state index is 13.0. The highest BCUT2D eigenvalue weighted by Gasteiger charge is 2.11. The fourth-order valence-corrected chi connectivity index (χ4v) is 3.38. The molecule has 0 aliphatic heterocycles. The van der Waals surface area contributed by atoms with Crippen LogP contribution in [0.1, 0.15) is 10.6 Å². The predicted octanol–water partition coefficient (Wildman–Crippen LogP) is 6.32. The number of rotatable bonds is 3. The van der Waals surface area contributed by atoms with E-state index in [-0.39, 0.29) is 5.82 Å². The molecule has 0 amide bonds. The summed E-state index contributed by atoms with van der Waals surface area (Å²) < 4.78 is 13.0. The molecule has 3 rings (SSSR count). The number of hydrogen-bond donors (Lipinski definition) is 0. The first-order valence-electron chi connectivity index (χ1n) is 6.85. The van der Waals surface area contributed by atoms with Crippen molar-refractivity contribution in [3.8, 4) is 17.3 Å². The number of allylic oxidation sites excluding steroid dienone is 1. The lowest BCUT2D eigenvalue weighted by atomic mass is 10.1. The molecule has 0 unspecified atom stereocenters. The number of hydrogen-bond acceptors (Lipinski definition) is 3. The zero-order valence-electron chi connectivity index (χ0n) is 12.1. The molecule has 0 atom stereocenters. The van der Waals surface area contributed by atoms with Crippen molar-refractivity contribution < 1.29 is 4.39 Å². The van der Waals surface area contributed by atoms with Gasteiger partial charge in [0.05, 0.1) is 16.3 Å². The standard InChI is InChI=1S/C18H9Cl2FN2S/c19-13-3-6-15(16(20)8-13)17-10-24-18(23-17)12(9-22)7-11-1-4-14(21)5-2-11/h1-8,10H. The zero-order chi connectivity index (χ0) is 17.1. The molecule has 3 aromatic rings. The first-order valence-corrected chi connectivity index (χ1v) is 8.49. The molecule has 1 aromatic heterocycles. The Balaban J connectivity index is 1.96. The Kier molecular flexibility index (Phi) is 4.96. The van der Waals surface area contributed by atoms with E-state index in [9.17, 15) is 9.65 Å². The van der Waals surface area contributed by atoms with E-state index in [2.05, 4.69) is 11.1 Å². The molecule has 118 valence electrons. The van der Waals surface area contributed by atoms with Crippen LogP contribution in [0.4, 0.5) is 4.39 Å². The molecule has 0 aliphatic carbocycles. The molecular weight excluding hydrogens is 366 g/mol. The van der Waals surface area contributed by atoms with Crippen LogP contribution in [0.15, 0.2) is 47.8 Å². The van der Waals surface area contributed by atoms with E-state index in [0.717, 1.165) is 11.1 Å². The fraction of sp³-hybridized carbons (Fsp3) is 0. The van der Waals surface area contributed by atoms with Gasteiger partial charge in [0, 0.05) is 16.0 Å². The second-order valence-corrected chi connectivity index (χ2v) is 6.59. The van der Waals surface area contributed by atoms with Crippen LogP contribution in [0.5, 0.6) is 0 Å². The summed E-state index contributed by atoms with van der Waals surface area (Å²) in [7, 11) is 0.